The second-order valence-corrected chi connectivity index (χ2v) is 7.22. The quantitative estimate of drug-likeness (QED) is 0.712. The molecular weight excluding hydrogens is 338 g/mol. The molecule has 0 saturated heterocycles. The Morgan fingerprint density at radius 1 is 1.04 bits per heavy atom. The Bertz CT molecular complexity index is 866. The molecule has 3 nitrogen and oxygen atoms in total. The number of pyridine rings is 1. The van der Waals surface area contributed by atoms with E-state index in [1.807, 2.05) is 24.0 Å². The number of halogens is 1. The topological polar surface area (TPSA) is 20.6 Å². The standard InChI is InChI=1S/C19H19N3S.ClH/c1-21(2)12-13-22-16-10-9-14-6-3-4-7-15(14)18(16)23-17-8-5-11-20-19(17)22;/h3-11H,12-13H2,1-2H3;1H. The van der Waals surface area contributed by atoms with Gasteiger partial charge in [-0.15, -0.1) is 0 Å². The largest absolute Gasteiger partial charge is 1.00 e. The Hall–Kier alpha value is -1.75. The number of likely N-dealkylation sites (N-methyl/N-ethyl adjacent to an activating group) is 1. The lowest BCUT2D eigenvalue weighted by Crippen LogP contribution is -3.06. The third-order valence-corrected chi connectivity index (χ3v) is 5.38. The summed E-state index contributed by atoms with van der Waals surface area (Å²) < 4.78 is 0. The van der Waals surface area contributed by atoms with Gasteiger partial charge in [0.25, 0.3) is 0 Å². The first-order chi connectivity index (χ1) is 11.2. The zero-order chi connectivity index (χ0) is 15.8. The number of quaternary nitrogens is 1. The Labute approximate surface area is 153 Å². The van der Waals surface area contributed by atoms with Crippen LogP contribution >= 0.6 is 11.8 Å². The summed E-state index contributed by atoms with van der Waals surface area (Å²) in [6.45, 7) is 2.05. The van der Waals surface area contributed by atoms with E-state index in [1.54, 1.807) is 0 Å². The van der Waals surface area contributed by atoms with Crippen LogP contribution in [0, 0.1) is 0 Å². The van der Waals surface area contributed by atoms with E-state index in [4.69, 9.17) is 0 Å². The van der Waals surface area contributed by atoms with E-state index >= 15 is 0 Å². The lowest BCUT2D eigenvalue weighted by molar-refractivity contribution is -0.856. The molecule has 5 heteroatoms. The van der Waals surface area contributed by atoms with Gasteiger partial charge < -0.3 is 22.2 Å². The Morgan fingerprint density at radius 2 is 1.88 bits per heavy atom. The highest BCUT2D eigenvalue weighted by atomic mass is 35.5. The van der Waals surface area contributed by atoms with Crippen LogP contribution < -0.4 is 22.2 Å². The maximum Gasteiger partial charge on any atom is 0.147 e. The van der Waals surface area contributed by atoms with Gasteiger partial charge in [-0.25, -0.2) is 4.98 Å². The highest BCUT2D eigenvalue weighted by molar-refractivity contribution is 8.00. The molecule has 0 atom stereocenters. The van der Waals surface area contributed by atoms with Gasteiger partial charge in [-0.3, -0.25) is 0 Å². The molecule has 2 aromatic carbocycles. The lowest BCUT2D eigenvalue weighted by Gasteiger charge is -2.32. The van der Waals surface area contributed by atoms with Crippen LogP contribution in [0.1, 0.15) is 0 Å². The van der Waals surface area contributed by atoms with Crippen molar-refractivity contribution in [1.82, 2.24) is 4.98 Å². The Morgan fingerprint density at radius 3 is 2.71 bits per heavy atom. The zero-order valence-electron chi connectivity index (χ0n) is 13.8. The molecule has 0 aliphatic carbocycles. The van der Waals surface area contributed by atoms with Crippen molar-refractivity contribution in [2.45, 2.75) is 9.79 Å². The maximum atomic E-state index is 4.65. The van der Waals surface area contributed by atoms with Gasteiger partial charge in [0.2, 0.25) is 0 Å². The summed E-state index contributed by atoms with van der Waals surface area (Å²) in [4.78, 5) is 11.1. The molecule has 24 heavy (non-hydrogen) atoms. The van der Waals surface area contributed by atoms with Crippen molar-refractivity contribution in [1.29, 1.82) is 0 Å². The summed E-state index contributed by atoms with van der Waals surface area (Å²) in [6, 6.07) is 17.3. The predicted molar refractivity (Wildman–Crippen MR) is 97.0 cm³/mol. The number of rotatable bonds is 3. The molecule has 2 heterocycles. The molecule has 4 rings (SSSR count). The van der Waals surface area contributed by atoms with Crippen LogP contribution in [-0.2, 0) is 0 Å². The number of benzene rings is 2. The third-order valence-electron chi connectivity index (χ3n) is 4.20. The second-order valence-electron chi connectivity index (χ2n) is 6.17. The van der Waals surface area contributed by atoms with Crippen LogP contribution in [0.2, 0.25) is 0 Å². The van der Waals surface area contributed by atoms with Gasteiger partial charge in [0.1, 0.15) is 5.82 Å². The average Bonchev–Trinajstić information content (AvgIpc) is 2.58. The summed E-state index contributed by atoms with van der Waals surface area (Å²) in [5.41, 5.74) is 1.28. The molecule has 1 aromatic heterocycles. The second kappa shape index (κ2) is 7.01. The Kier molecular flexibility index (Phi) is 4.99. The molecule has 0 amide bonds. The summed E-state index contributed by atoms with van der Waals surface area (Å²) in [7, 11) is 4.39. The van der Waals surface area contributed by atoms with Crippen LogP contribution in [0.4, 0.5) is 11.5 Å². The summed E-state index contributed by atoms with van der Waals surface area (Å²) in [5.74, 6) is 1.08. The van der Waals surface area contributed by atoms with Gasteiger partial charge in [0.05, 0.1) is 37.8 Å². The minimum atomic E-state index is 0. The van der Waals surface area contributed by atoms with Crippen molar-refractivity contribution in [3.05, 3.63) is 54.7 Å². The number of nitrogens with one attached hydrogen (secondary N) is 1. The van der Waals surface area contributed by atoms with E-state index in [2.05, 4.69) is 66.4 Å². The van der Waals surface area contributed by atoms with Gasteiger partial charge in [-0.05, 0) is 29.0 Å². The number of hydrogen-bond donors (Lipinski definition) is 1. The molecule has 1 N–H and O–H groups in total. The first-order valence-corrected chi connectivity index (χ1v) is 8.77. The molecule has 0 radical (unpaired) electrons. The molecule has 3 aromatic rings. The normalized spacial score (nSPS) is 12.7. The predicted octanol–water partition coefficient (Wildman–Crippen LogP) is -0.0140. The van der Waals surface area contributed by atoms with E-state index in [9.17, 15) is 0 Å². The van der Waals surface area contributed by atoms with Crippen LogP contribution in [0.25, 0.3) is 10.8 Å². The van der Waals surface area contributed by atoms with E-state index in [0.717, 1.165) is 18.9 Å². The maximum absolute atomic E-state index is 4.65. The highest BCUT2D eigenvalue weighted by Crippen LogP contribution is 2.49. The van der Waals surface area contributed by atoms with Gasteiger partial charge in [-0.2, -0.15) is 0 Å². The lowest BCUT2D eigenvalue weighted by atomic mass is 10.1. The molecule has 1 aliphatic heterocycles. The van der Waals surface area contributed by atoms with E-state index in [0.29, 0.717) is 0 Å². The number of aromatic nitrogens is 1. The van der Waals surface area contributed by atoms with Crippen molar-refractivity contribution in [3.8, 4) is 0 Å². The number of anilines is 2. The zero-order valence-corrected chi connectivity index (χ0v) is 15.4. The third kappa shape index (κ3) is 2.97. The van der Waals surface area contributed by atoms with Crippen molar-refractivity contribution in [2.24, 2.45) is 0 Å². The SMILES string of the molecule is C[NH+](C)CCN1c2ccc3ccccc3c2Sc2cccnc21.[Cl-]. The van der Waals surface area contributed by atoms with Crippen LogP contribution in [0.15, 0.2) is 64.5 Å². The van der Waals surface area contributed by atoms with Gasteiger partial charge in [0, 0.05) is 11.1 Å². The van der Waals surface area contributed by atoms with Gasteiger partial charge in [-0.1, -0.05) is 42.1 Å². The van der Waals surface area contributed by atoms with Crippen molar-refractivity contribution >= 4 is 34.0 Å². The minimum absolute atomic E-state index is 0. The first-order valence-electron chi connectivity index (χ1n) is 7.95. The van der Waals surface area contributed by atoms with Crippen molar-refractivity contribution in [2.75, 3.05) is 32.1 Å². The number of fused-ring (bicyclic) bond motifs is 4. The van der Waals surface area contributed by atoms with Crippen molar-refractivity contribution in [3.63, 3.8) is 0 Å². The molecule has 0 spiro atoms. The smallest absolute Gasteiger partial charge is 0.147 e. The van der Waals surface area contributed by atoms with Crippen LogP contribution in [0.3, 0.4) is 0 Å². The highest BCUT2D eigenvalue weighted by Gasteiger charge is 2.26. The van der Waals surface area contributed by atoms with Gasteiger partial charge in [0.15, 0.2) is 0 Å². The van der Waals surface area contributed by atoms with E-state index < -0.39 is 0 Å². The van der Waals surface area contributed by atoms with Gasteiger partial charge >= 0.3 is 0 Å². The monoisotopic (exact) mass is 357 g/mol. The molecule has 124 valence electrons. The number of hydrogen-bond acceptors (Lipinski definition) is 3. The van der Waals surface area contributed by atoms with Crippen molar-refractivity contribution < 1.29 is 17.3 Å². The van der Waals surface area contributed by atoms with Crippen LogP contribution in [-0.4, -0.2) is 32.2 Å². The van der Waals surface area contributed by atoms with Crippen LogP contribution in [0.5, 0.6) is 0 Å². The van der Waals surface area contributed by atoms with E-state index in [-0.39, 0.29) is 12.4 Å². The molecule has 0 fully saturated rings. The minimum Gasteiger partial charge on any atom is -1.00 e. The fourth-order valence-electron chi connectivity index (χ4n) is 3.00. The molecule has 1 aliphatic rings. The van der Waals surface area contributed by atoms with E-state index in [1.165, 1.54) is 31.2 Å². The number of nitrogens with zero attached hydrogens (tertiary/aromatic N) is 2. The fourth-order valence-corrected chi connectivity index (χ4v) is 4.20. The summed E-state index contributed by atoms with van der Waals surface area (Å²) in [5, 5.41) is 2.62. The Balaban J connectivity index is 0.00000169. The molecule has 0 saturated carbocycles. The first kappa shape index (κ1) is 17.1. The molecule has 0 unspecified atom stereocenters. The molecule has 0 bridgehead atoms. The summed E-state index contributed by atoms with van der Waals surface area (Å²) in [6.07, 6.45) is 1.89. The average molecular weight is 358 g/mol. The fraction of sp³-hybridized carbons (Fsp3) is 0.211. The summed E-state index contributed by atoms with van der Waals surface area (Å²) >= 11 is 1.84. The molecular formula is C19H20ClN3S.